The van der Waals surface area contributed by atoms with E-state index in [2.05, 4.69) is 5.10 Å². The second-order valence-electron chi connectivity index (χ2n) is 3.16. The van der Waals surface area contributed by atoms with E-state index in [1.807, 2.05) is 30.3 Å². The highest BCUT2D eigenvalue weighted by Crippen LogP contribution is 2.21. The SMILES string of the molecule is Cc1nn(-c2ccccc2)c(Cl)c1C=O. The van der Waals surface area contributed by atoms with Gasteiger partial charge in [0.25, 0.3) is 0 Å². The molecule has 0 saturated heterocycles. The summed E-state index contributed by atoms with van der Waals surface area (Å²) in [5, 5.41) is 4.56. The number of halogens is 1. The molecule has 0 bridgehead atoms. The van der Waals surface area contributed by atoms with Crippen LogP contribution in [0.15, 0.2) is 30.3 Å². The van der Waals surface area contributed by atoms with Gasteiger partial charge >= 0.3 is 0 Å². The quantitative estimate of drug-likeness (QED) is 0.730. The molecule has 0 fully saturated rings. The van der Waals surface area contributed by atoms with Gasteiger partial charge in [-0.2, -0.15) is 5.10 Å². The Bertz CT molecular complexity index is 491. The van der Waals surface area contributed by atoms with Gasteiger partial charge in [0.1, 0.15) is 5.15 Å². The van der Waals surface area contributed by atoms with E-state index in [0.717, 1.165) is 12.0 Å². The first-order chi connectivity index (χ1) is 7.24. The topological polar surface area (TPSA) is 34.9 Å². The van der Waals surface area contributed by atoms with Crippen molar-refractivity contribution in [3.05, 3.63) is 46.7 Å². The van der Waals surface area contributed by atoms with Crippen LogP contribution >= 0.6 is 11.6 Å². The molecule has 0 N–H and O–H groups in total. The van der Waals surface area contributed by atoms with Gasteiger partial charge in [-0.15, -0.1) is 0 Å². The van der Waals surface area contributed by atoms with Gasteiger partial charge in [-0.3, -0.25) is 4.79 Å². The molecule has 0 saturated carbocycles. The van der Waals surface area contributed by atoms with Gasteiger partial charge in [-0.1, -0.05) is 29.8 Å². The van der Waals surface area contributed by atoms with Crippen LogP contribution in [-0.2, 0) is 0 Å². The monoisotopic (exact) mass is 220 g/mol. The molecule has 0 unspecified atom stereocenters. The number of carbonyl (C=O) groups excluding carboxylic acids is 1. The highest BCUT2D eigenvalue weighted by atomic mass is 35.5. The number of hydrogen-bond donors (Lipinski definition) is 0. The van der Waals surface area contributed by atoms with E-state index in [9.17, 15) is 4.79 Å². The standard InChI is InChI=1S/C11H9ClN2O/c1-8-10(7-15)11(12)14(13-8)9-5-3-2-4-6-9/h2-7H,1H3. The zero-order valence-electron chi connectivity index (χ0n) is 8.14. The predicted molar refractivity (Wildman–Crippen MR) is 58.7 cm³/mol. The zero-order valence-corrected chi connectivity index (χ0v) is 8.90. The van der Waals surface area contributed by atoms with Crippen LogP contribution in [0.4, 0.5) is 0 Å². The zero-order chi connectivity index (χ0) is 10.8. The summed E-state index contributed by atoms with van der Waals surface area (Å²) in [6.07, 6.45) is 0.726. The van der Waals surface area contributed by atoms with Crippen LogP contribution in [0.25, 0.3) is 5.69 Å². The van der Waals surface area contributed by atoms with Crippen LogP contribution < -0.4 is 0 Å². The lowest BCUT2D eigenvalue weighted by molar-refractivity contribution is 0.112. The lowest BCUT2D eigenvalue weighted by Crippen LogP contribution is -1.95. The average molecular weight is 221 g/mol. The molecule has 0 spiro atoms. The molecule has 76 valence electrons. The van der Waals surface area contributed by atoms with E-state index >= 15 is 0 Å². The molecule has 4 heteroatoms. The summed E-state index contributed by atoms with van der Waals surface area (Å²) in [6, 6.07) is 9.46. The third-order valence-corrected chi connectivity index (χ3v) is 2.53. The Hall–Kier alpha value is -1.61. The summed E-state index contributed by atoms with van der Waals surface area (Å²) in [5.74, 6) is 0. The van der Waals surface area contributed by atoms with Crippen molar-refractivity contribution in [3.63, 3.8) is 0 Å². The predicted octanol–water partition coefficient (Wildman–Crippen LogP) is 2.65. The number of carbonyl (C=O) groups is 1. The van der Waals surface area contributed by atoms with Crippen molar-refractivity contribution < 1.29 is 4.79 Å². The van der Waals surface area contributed by atoms with Gasteiger partial charge in [0.2, 0.25) is 0 Å². The lowest BCUT2D eigenvalue weighted by atomic mass is 10.3. The number of aryl methyl sites for hydroxylation is 1. The van der Waals surface area contributed by atoms with Crippen molar-refractivity contribution in [2.75, 3.05) is 0 Å². The number of nitrogens with zero attached hydrogens (tertiary/aromatic N) is 2. The highest BCUT2D eigenvalue weighted by Gasteiger charge is 2.12. The fraction of sp³-hybridized carbons (Fsp3) is 0.0909. The molecule has 1 aromatic heterocycles. The normalized spacial score (nSPS) is 10.3. The largest absolute Gasteiger partial charge is 0.298 e. The molecule has 0 amide bonds. The van der Waals surface area contributed by atoms with Crippen molar-refractivity contribution in [2.45, 2.75) is 6.92 Å². The molecule has 3 nitrogen and oxygen atoms in total. The van der Waals surface area contributed by atoms with Crippen LogP contribution in [0.2, 0.25) is 5.15 Å². The van der Waals surface area contributed by atoms with Gasteiger partial charge in [-0.25, -0.2) is 4.68 Å². The van der Waals surface area contributed by atoms with Crippen molar-refractivity contribution in [1.82, 2.24) is 9.78 Å². The summed E-state index contributed by atoms with van der Waals surface area (Å²) >= 11 is 6.03. The molecule has 0 aliphatic heterocycles. The number of aldehydes is 1. The molecule has 15 heavy (non-hydrogen) atoms. The minimum Gasteiger partial charge on any atom is -0.298 e. The number of para-hydroxylation sites is 1. The maximum atomic E-state index is 10.8. The summed E-state index contributed by atoms with van der Waals surface area (Å²) in [6.45, 7) is 1.76. The maximum absolute atomic E-state index is 10.8. The molecule has 2 rings (SSSR count). The first-order valence-electron chi connectivity index (χ1n) is 4.49. The second kappa shape index (κ2) is 3.87. The third kappa shape index (κ3) is 1.66. The van der Waals surface area contributed by atoms with Gasteiger partial charge in [0.05, 0.1) is 16.9 Å². The maximum Gasteiger partial charge on any atom is 0.155 e. The Morgan fingerprint density at radius 3 is 2.53 bits per heavy atom. The second-order valence-corrected chi connectivity index (χ2v) is 3.51. The average Bonchev–Trinajstić information content (AvgIpc) is 2.55. The van der Waals surface area contributed by atoms with Gasteiger partial charge < -0.3 is 0 Å². The fourth-order valence-electron chi connectivity index (χ4n) is 1.39. The number of benzene rings is 1. The molecule has 1 aromatic carbocycles. The molecule has 1 heterocycles. The summed E-state index contributed by atoms with van der Waals surface area (Å²) in [4.78, 5) is 10.8. The first kappa shape index (κ1) is 9.93. The molecule has 0 atom stereocenters. The van der Waals surface area contributed by atoms with Crippen molar-refractivity contribution in [3.8, 4) is 5.69 Å². The summed E-state index contributed by atoms with van der Waals surface area (Å²) < 4.78 is 1.56. The Balaban J connectivity index is 2.60. The molecular formula is C11H9ClN2O. The van der Waals surface area contributed by atoms with Gasteiger partial charge in [-0.05, 0) is 19.1 Å². The lowest BCUT2D eigenvalue weighted by Gasteiger charge is -2.01. The third-order valence-electron chi connectivity index (χ3n) is 2.17. The van der Waals surface area contributed by atoms with Crippen LogP contribution in [0.3, 0.4) is 0 Å². The minimum atomic E-state index is 0.355. The van der Waals surface area contributed by atoms with Crippen molar-refractivity contribution in [2.24, 2.45) is 0 Å². The molecule has 0 aliphatic rings. The Morgan fingerprint density at radius 2 is 2.00 bits per heavy atom. The van der Waals surface area contributed by atoms with Gasteiger partial charge in [0.15, 0.2) is 6.29 Å². The van der Waals surface area contributed by atoms with Crippen LogP contribution in [0.5, 0.6) is 0 Å². The summed E-state index contributed by atoms with van der Waals surface area (Å²) in [5.41, 5.74) is 1.93. The van der Waals surface area contributed by atoms with Crippen molar-refractivity contribution >= 4 is 17.9 Å². The van der Waals surface area contributed by atoms with E-state index in [-0.39, 0.29) is 0 Å². The van der Waals surface area contributed by atoms with E-state index in [0.29, 0.717) is 16.4 Å². The van der Waals surface area contributed by atoms with E-state index < -0.39 is 0 Å². The molecule has 0 radical (unpaired) electrons. The van der Waals surface area contributed by atoms with E-state index in [4.69, 9.17) is 11.6 Å². The van der Waals surface area contributed by atoms with Crippen LogP contribution in [0, 0.1) is 6.92 Å². The first-order valence-corrected chi connectivity index (χ1v) is 4.87. The van der Waals surface area contributed by atoms with E-state index in [1.165, 1.54) is 0 Å². The molecule has 2 aromatic rings. The number of aromatic nitrogens is 2. The smallest absolute Gasteiger partial charge is 0.155 e. The Morgan fingerprint density at radius 1 is 1.33 bits per heavy atom. The Kier molecular flexibility index (Phi) is 2.56. The van der Waals surface area contributed by atoms with E-state index in [1.54, 1.807) is 11.6 Å². The van der Waals surface area contributed by atoms with Crippen LogP contribution in [-0.4, -0.2) is 16.1 Å². The highest BCUT2D eigenvalue weighted by molar-refractivity contribution is 6.32. The summed E-state index contributed by atoms with van der Waals surface area (Å²) in [7, 11) is 0. The Labute approximate surface area is 92.3 Å². The van der Waals surface area contributed by atoms with Crippen molar-refractivity contribution in [1.29, 1.82) is 0 Å². The fourth-order valence-corrected chi connectivity index (χ4v) is 1.70. The molecule has 0 aliphatic carbocycles. The van der Waals surface area contributed by atoms with Gasteiger partial charge in [0, 0.05) is 0 Å². The number of hydrogen-bond acceptors (Lipinski definition) is 2. The minimum absolute atomic E-state index is 0.355. The number of rotatable bonds is 2. The van der Waals surface area contributed by atoms with Crippen LogP contribution in [0.1, 0.15) is 16.1 Å². The molecular weight excluding hydrogens is 212 g/mol.